The van der Waals surface area contributed by atoms with Crippen molar-refractivity contribution in [2.24, 2.45) is 12.0 Å². The van der Waals surface area contributed by atoms with Gasteiger partial charge in [-0.1, -0.05) is 0 Å². The third-order valence-electron chi connectivity index (χ3n) is 4.45. The molecular weight excluding hydrogens is 376 g/mol. The number of hydrogen-bond donors (Lipinski definition) is 4. The maximum absolute atomic E-state index is 11.4. The largest absolute Gasteiger partial charge is 0.493 e. The van der Waals surface area contributed by atoms with Gasteiger partial charge in [-0.2, -0.15) is 24.7 Å². The fourth-order valence-corrected chi connectivity index (χ4v) is 2.89. The van der Waals surface area contributed by atoms with Gasteiger partial charge in [0.25, 0.3) is 5.62 Å². The van der Waals surface area contributed by atoms with E-state index in [9.17, 15) is 9.90 Å². The summed E-state index contributed by atoms with van der Waals surface area (Å²) in [5.41, 5.74) is 1.55. The van der Waals surface area contributed by atoms with Gasteiger partial charge in [-0.3, -0.25) is 9.67 Å². The van der Waals surface area contributed by atoms with Crippen LogP contribution in [0.5, 0.6) is 5.88 Å². The number of H-pyrrole nitrogens is 2. The molecule has 4 heterocycles. The minimum atomic E-state index is -0.498. The molecule has 0 saturated heterocycles. The maximum Gasteiger partial charge on any atom is 0.326 e. The molecule has 1 aliphatic rings. The summed E-state index contributed by atoms with van der Waals surface area (Å²) in [4.78, 5) is 29.9. The van der Waals surface area contributed by atoms with Gasteiger partial charge in [0.2, 0.25) is 11.8 Å². The molecule has 29 heavy (non-hydrogen) atoms. The zero-order valence-electron chi connectivity index (χ0n) is 15.5. The van der Waals surface area contributed by atoms with E-state index in [4.69, 9.17) is 0 Å². The second-order valence-electron chi connectivity index (χ2n) is 6.86. The highest BCUT2D eigenvalue weighted by Gasteiger charge is 2.21. The van der Waals surface area contributed by atoms with Crippen molar-refractivity contribution in [2.45, 2.75) is 25.4 Å². The first-order valence-electron chi connectivity index (χ1n) is 9.10. The molecule has 1 saturated carbocycles. The van der Waals surface area contributed by atoms with Crippen molar-refractivity contribution < 1.29 is 5.11 Å². The molecule has 0 unspecified atom stereocenters. The van der Waals surface area contributed by atoms with Gasteiger partial charge < -0.3 is 15.4 Å². The fourth-order valence-electron chi connectivity index (χ4n) is 2.89. The van der Waals surface area contributed by atoms with E-state index < -0.39 is 5.69 Å². The number of aromatic nitrogens is 8. The predicted octanol–water partition coefficient (Wildman–Crippen LogP) is -1.20. The molecule has 1 aliphatic carbocycles. The van der Waals surface area contributed by atoms with Crippen LogP contribution in [0.4, 0.5) is 5.95 Å². The number of hydrogen-bond acceptors (Lipinski definition) is 8. The average Bonchev–Trinajstić information content (AvgIpc) is 3.10. The number of fused-ring (bicyclic) bond motifs is 1. The molecule has 0 bridgehead atoms. The van der Waals surface area contributed by atoms with Gasteiger partial charge in [-0.15, -0.1) is 0 Å². The van der Waals surface area contributed by atoms with Crippen LogP contribution in [0, 0.1) is 0 Å². The SMILES string of the molecule is Cn1ccc(CNc2nc(=NC3CC3)n3nc/c(=C\c4[nH]c(=O)[nH]c4O)c3n2)n1. The number of nitrogens with zero attached hydrogens (tertiary/aromatic N) is 7. The minimum absolute atomic E-state index is 0.243. The summed E-state index contributed by atoms with van der Waals surface area (Å²) in [6, 6.07) is 2.16. The number of aryl methyl sites for hydroxylation is 1. The first-order chi connectivity index (χ1) is 14.0. The quantitative estimate of drug-likeness (QED) is 0.331. The van der Waals surface area contributed by atoms with Gasteiger partial charge in [-0.25, -0.2) is 9.79 Å². The summed E-state index contributed by atoms with van der Waals surface area (Å²) in [5.74, 6) is 0.143. The summed E-state index contributed by atoms with van der Waals surface area (Å²) < 4.78 is 3.28. The average molecular weight is 394 g/mol. The summed E-state index contributed by atoms with van der Waals surface area (Å²) in [6.07, 6.45) is 7.10. The Morgan fingerprint density at radius 1 is 1.38 bits per heavy atom. The normalized spacial score (nSPS) is 15.5. The second-order valence-corrected chi connectivity index (χ2v) is 6.86. The lowest BCUT2D eigenvalue weighted by molar-refractivity contribution is 0.454. The highest BCUT2D eigenvalue weighted by Crippen LogP contribution is 2.22. The van der Waals surface area contributed by atoms with Crippen molar-refractivity contribution in [3.63, 3.8) is 0 Å². The number of aromatic amines is 2. The topological polar surface area (TPSA) is 154 Å². The van der Waals surface area contributed by atoms with Crippen LogP contribution < -0.4 is 21.8 Å². The molecule has 0 radical (unpaired) electrons. The van der Waals surface area contributed by atoms with Crippen LogP contribution in [0.1, 0.15) is 24.2 Å². The van der Waals surface area contributed by atoms with Gasteiger partial charge in [0.15, 0.2) is 5.65 Å². The van der Waals surface area contributed by atoms with Crippen LogP contribution in [0.2, 0.25) is 0 Å². The third kappa shape index (κ3) is 3.47. The Morgan fingerprint density at radius 2 is 2.24 bits per heavy atom. The highest BCUT2D eigenvalue weighted by molar-refractivity contribution is 5.57. The molecular formula is C17H18N10O2. The predicted molar refractivity (Wildman–Crippen MR) is 102 cm³/mol. The van der Waals surface area contributed by atoms with Gasteiger partial charge >= 0.3 is 5.69 Å². The number of aromatic hydroxyl groups is 1. The standard InChI is InChI=1S/C17H18N10O2/c1-26-5-4-11(25-26)8-18-15-22-13-9(6-12-14(28)23-17(29)21-12)7-19-27(13)16(24-15)20-10-2-3-10/h4-7,10,28H,2-3,8H2,1H3,(H,18,20,24)(H2,21,23,29)/b9-6+. The lowest BCUT2D eigenvalue weighted by atomic mass is 10.3. The van der Waals surface area contributed by atoms with E-state index in [-0.39, 0.29) is 17.6 Å². The van der Waals surface area contributed by atoms with Crippen LogP contribution in [0.3, 0.4) is 0 Å². The van der Waals surface area contributed by atoms with Crippen LogP contribution in [-0.2, 0) is 13.6 Å². The van der Waals surface area contributed by atoms with Crippen LogP contribution in [0.25, 0.3) is 11.7 Å². The van der Waals surface area contributed by atoms with Crippen molar-refractivity contribution in [2.75, 3.05) is 5.32 Å². The summed E-state index contributed by atoms with van der Waals surface area (Å²) in [7, 11) is 1.85. The molecule has 1 fully saturated rings. The summed E-state index contributed by atoms with van der Waals surface area (Å²) in [6.45, 7) is 0.457. The van der Waals surface area contributed by atoms with E-state index in [0.29, 0.717) is 29.0 Å². The van der Waals surface area contributed by atoms with Crippen LogP contribution >= 0.6 is 0 Å². The molecule has 4 aromatic rings. The molecule has 0 aliphatic heterocycles. The Labute approximate surface area is 162 Å². The Bertz CT molecular complexity index is 1370. The van der Waals surface area contributed by atoms with Gasteiger partial charge in [-0.05, 0) is 25.0 Å². The van der Waals surface area contributed by atoms with E-state index in [1.807, 2.05) is 19.3 Å². The Balaban J connectivity index is 1.60. The highest BCUT2D eigenvalue weighted by atomic mass is 16.3. The minimum Gasteiger partial charge on any atom is -0.493 e. The van der Waals surface area contributed by atoms with Crippen LogP contribution in [0.15, 0.2) is 28.2 Å². The molecule has 5 rings (SSSR count). The monoisotopic (exact) mass is 394 g/mol. The fraction of sp³-hybridized carbons (Fsp3) is 0.294. The Hall–Kier alpha value is -3.96. The van der Waals surface area contributed by atoms with Crippen molar-refractivity contribution in [1.29, 1.82) is 0 Å². The van der Waals surface area contributed by atoms with Gasteiger partial charge in [0, 0.05) is 18.5 Å². The molecule has 148 valence electrons. The van der Waals surface area contributed by atoms with E-state index >= 15 is 0 Å². The molecule has 0 amide bonds. The molecule has 0 spiro atoms. The van der Waals surface area contributed by atoms with Crippen molar-refractivity contribution in [3.05, 3.63) is 51.2 Å². The zero-order chi connectivity index (χ0) is 20.0. The van der Waals surface area contributed by atoms with E-state index in [1.54, 1.807) is 21.5 Å². The van der Waals surface area contributed by atoms with E-state index in [2.05, 4.69) is 40.4 Å². The molecule has 0 aromatic carbocycles. The van der Waals surface area contributed by atoms with Crippen LogP contribution in [-0.4, -0.2) is 50.5 Å². The lowest BCUT2D eigenvalue weighted by Gasteiger charge is -2.03. The first kappa shape index (κ1) is 17.2. The summed E-state index contributed by atoms with van der Waals surface area (Å²) in [5, 5.41) is 22.3. The van der Waals surface area contributed by atoms with E-state index in [0.717, 1.165) is 18.5 Å². The first-order valence-corrected chi connectivity index (χ1v) is 9.10. The molecule has 0 atom stereocenters. The Kier molecular flexibility index (Phi) is 3.89. The maximum atomic E-state index is 11.4. The molecule has 4 aromatic heterocycles. The Morgan fingerprint density at radius 3 is 2.93 bits per heavy atom. The third-order valence-corrected chi connectivity index (χ3v) is 4.45. The smallest absolute Gasteiger partial charge is 0.326 e. The number of imidazole rings is 1. The van der Waals surface area contributed by atoms with Gasteiger partial charge in [0.05, 0.1) is 24.5 Å². The number of anilines is 1. The summed E-state index contributed by atoms with van der Waals surface area (Å²) >= 11 is 0. The van der Waals surface area contributed by atoms with Crippen molar-refractivity contribution in [3.8, 4) is 5.88 Å². The second kappa shape index (κ2) is 6.58. The molecule has 12 nitrogen and oxygen atoms in total. The number of nitrogens with one attached hydrogen (secondary N) is 3. The van der Waals surface area contributed by atoms with Crippen molar-refractivity contribution >= 4 is 17.7 Å². The molecule has 12 heteroatoms. The van der Waals surface area contributed by atoms with Gasteiger partial charge in [0.1, 0.15) is 5.69 Å². The number of rotatable bonds is 5. The van der Waals surface area contributed by atoms with Crippen molar-refractivity contribution in [1.82, 2.24) is 39.3 Å². The van der Waals surface area contributed by atoms with E-state index in [1.165, 1.54) is 0 Å². The lowest BCUT2D eigenvalue weighted by Crippen LogP contribution is -2.24. The molecule has 4 N–H and O–H groups in total. The zero-order valence-corrected chi connectivity index (χ0v) is 15.5.